The van der Waals surface area contributed by atoms with Crippen LogP contribution in [0.15, 0.2) is 17.7 Å². The summed E-state index contributed by atoms with van der Waals surface area (Å²) in [4.78, 5) is 0. The van der Waals surface area contributed by atoms with Crippen LogP contribution in [0.25, 0.3) is 0 Å². The van der Waals surface area contributed by atoms with Crippen LogP contribution in [-0.4, -0.2) is 0 Å². The van der Waals surface area contributed by atoms with Crippen LogP contribution in [0.3, 0.4) is 0 Å². The van der Waals surface area contributed by atoms with Crippen LogP contribution < -0.4 is 0 Å². The first-order valence-electron chi connectivity index (χ1n) is 15.2. The van der Waals surface area contributed by atoms with Crippen LogP contribution in [-0.2, 0) is 18.3 Å². The van der Waals surface area contributed by atoms with Gasteiger partial charge in [0.2, 0.25) is 0 Å². The Hall–Kier alpha value is -1.04. The average Bonchev–Trinajstić information content (AvgIpc) is 2.79. The lowest BCUT2D eigenvalue weighted by Gasteiger charge is -2.55. The van der Waals surface area contributed by atoms with Gasteiger partial charge in [0.1, 0.15) is 0 Å². The second kappa shape index (κ2) is 10.8. The molecule has 2 saturated carbocycles. The van der Waals surface area contributed by atoms with Gasteiger partial charge in [-0.2, -0.15) is 0 Å². The first-order chi connectivity index (χ1) is 16.3. The van der Waals surface area contributed by atoms with E-state index in [0.29, 0.717) is 10.8 Å². The lowest BCUT2D eigenvalue weighted by atomic mass is 9.49. The van der Waals surface area contributed by atoms with Gasteiger partial charge in [-0.3, -0.25) is 0 Å². The molecule has 0 N–H and O–H groups in total. The Morgan fingerprint density at radius 2 is 1.46 bits per heavy atom. The molecule has 4 rings (SSSR count). The van der Waals surface area contributed by atoms with Gasteiger partial charge in [0.15, 0.2) is 0 Å². The van der Waals surface area contributed by atoms with Crippen LogP contribution in [0.1, 0.15) is 141 Å². The van der Waals surface area contributed by atoms with Gasteiger partial charge in [0.05, 0.1) is 0 Å². The van der Waals surface area contributed by atoms with E-state index in [1.54, 1.807) is 22.3 Å². The first kappa shape index (κ1) is 28.5. The molecule has 3 aliphatic rings. The summed E-state index contributed by atoms with van der Waals surface area (Å²) in [5.74, 6) is 2.64. The van der Waals surface area contributed by atoms with Gasteiger partial charge in [-0.05, 0) is 115 Å². The zero-order chi connectivity index (χ0) is 26.2. The molecule has 3 aliphatic carbocycles. The number of fused-ring (bicyclic) bond motifs is 5. The van der Waals surface area contributed by atoms with Gasteiger partial charge in [-0.1, -0.05) is 99.3 Å². The number of aryl methyl sites for hydroxylation is 1. The Morgan fingerprint density at radius 3 is 2.09 bits per heavy atom. The number of benzene rings is 1. The van der Waals surface area contributed by atoms with E-state index < -0.39 is 0 Å². The summed E-state index contributed by atoms with van der Waals surface area (Å²) < 4.78 is 0. The third-order valence-electron chi connectivity index (χ3n) is 10.3. The number of hydrogen-bond donors (Lipinski definition) is 0. The molecule has 0 radical (unpaired) electrons. The van der Waals surface area contributed by atoms with E-state index in [2.05, 4.69) is 74.5 Å². The molecular weight excluding hydrogens is 420 g/mol. The van der Waals surface area contributed by atoms with E-state index in [0.717, 1.165) is 24.2 Å². The Kier molecular flexibility index (Phi) is 8.76. The molecule has 0 bridgehead atoms. The van der Waals surface area contributed by atoms with Gasteiger partial charge < -0.3 is 0 Å². The van der Waals surface area contributed by atoms with Crippen molar-refractivity contribution in [1.29, 1.82) is 0 Å². The standard InChI is InChI=1S/C33H52.C2H6/c1-22-10-11-23(2)16-18-32(8)26(13-12-22)17-19-33(9)29-20-24(3)28(21-31(5,6)7)25(4)27(29)14-15-30(32)33;1-2/h15,20,22-23,26H,10-14,16-19,21H2,1-9H3;1-2H3. The molecule has 0 aliphatic heterocycles. The van der Waals surface area contributed by atoms with Crippen LogP contribution in [0.4, 0.5) is 0 Å². The highest BCUT2D eigenvalue weighted by molar-refractivity contribution is 5.56. The Balaban J connectivity index is 0.00000167. The monoisotopic (exact) mass is 478 g/mol. The maximum Gasteiger partial charge on any atom is 0.0142 e. The highest BCUT2D eigenvalue weighted by Gasteiger charge is 2.51. The van der Waals surface area contributed by atoms with Gasteiger partial charge in [0.25, 0.3) is 0 Å². The third-order valence-corrected chi connectivity index (χ3v) is 10.3. The molecule has 0 spiro atoms. The van der Waals surface area contributed by atoms with Crippen molar-refractivity contribution >= 4 is 0 Å². The van der Waals surface area contributed by atoms with E-state index >= 15 is 0 Å². The predicted molar refractivity (Wildman–Crippen MR) is 156 cm³/mol. The topological polar surface area (TPSA) is 0 Å². The fraction of sp³-hybridized carbons (Fsp3) is 0.771. The van der Waals surface area contributed by atoms with Crippen LogP contribution in [0.5, 0.6) is 0 Å². The van der Waals surface area contributed by atoms with Crippen molar-refractivity contribution in [2.45, 2.75) is 146 Å². The molecule has 0 aromatic heterocycles. The molecule has 2 fully saturated rings. The highest BCUT2D eigenvalue weighted by atomic mass is 14.6. The molecule has 35 heavy (non-hydrogen) atoms. The zero-order valence-electron chi connectivity index (χ0n) is 25.5. The first-order valence-corrected chi connectivity index (χ1v) is 15.2. The van der Waals surface area contributed by atoms with Gasteiger partial charge >= 0.3 is 0 Å². The van der Waals surface area contributed by atoms with E-state index in [1.807, 2.05) is 19.4 Å². The smallest absolute Gasteiger partial charge is 0.0142 e. The fourth-order valence-corrected chi connectivity index (χ4v) is 8.03. The fourth-order valence-electron chi connectivity index (χ4n) is 8.03. The quantitative estimate of drug-likeness (QED) is 0.352. The van der Waals surface area contributed by atoms with E-state index in [-0.39, 0.29) is 5.41 Å². The van der Waals surface area contributed by atoms with Crippen LogP contribution in [0.2, 0.25) is 0 Å². The summed E-state index contributed by atoms with van der Waals surface area (Å²) in [7, 11) is 0. The van der Waals surface area contributed by atoms with Crippen molar-refractivity contribution < 1.29 is 0 Å². The Labute approximate surface area is 219 Å². The maximum absolute atomic E-state index is 2.73. The van der Waals surface area contributed by atoms with Gasteiger partial charge in [-0.15, -0.1) is 0 Å². The normalized spacial score (nSPS) is 33.3. The molecule has 0 amide bonds. The van der Waals surface area contributed by atoms with E-state index in [4.69, 9.17) is 0 Å². The summed E-state index contributed by atoms with van der Waals surface area (Å²) in [6, 6.07) is 2.63. The van der Waals surface area contributed by atoms with Crippen molar-refractivity contribution in [2.75, 3.05) is 0 Å². The number of hydrogen-bond acceptors (Lipinski definition) is 0. The molecule has 0 heterocycles. The molecule has 0 saturated heterocycles. The maximum atomic E-state index is 2.73. The average molecular weight is 479 g/mol. The minimum absolute atomic E-state index is 0.230. The van der Waals surface area contributed by atoms with Crippen molar-refractivity contribution in [1.82, 2.24) is 0 Å². The van der Waals surface area contributed by atoms with Crippen molar-refractivity contribution in [3.8, 4) is 0 Å². The number of rotatable bonds is 1. The minimum atomic E-state index is 0.230. The second-order valence-corrected chi connectivity index (χ2v) is 14.3. The van der Waals surface area contributed by atoms with E-state index in [1.165, 1.54) is 63.4 Å². The predicted octanol–water partition coefficient (Wildman–Crippen LogP) is 10.7. The van der Waals surface area contributed by atoms with Crippen molar-refractivity contribution in [2.24, 2.45) is 28.6 Å². The summed E-state index contributed by atoms with van der Waals surface area (Å²) >= 11 is 0. The molecule has 5 unspecified atom stereocenters. The SMILES string of the molecule is CC.Cc1cc2c(c(C)c1CC(C)(C)C)CC=C1C2(C)CCC2CCC(C)CCC(C)CCC12C. The largest absolute Gasteiger partial charge is 0.0795 e. The molecule has 0 nitrogen and oxygen atoms in total. The summed E-state index contributed by atoms with van der Waals surface area (Å²) in [6.07, 6.45) is 16.4. The summed E-state index contributed by atoms with van der Waals surface area (Å²) in [5, 5.41) is 0. The second-order valence-electron chi connectivity index (χ2n) is 14.3. The van der Waals surface area contributed by atoms with Crippen molar-refractivity contribution in [3.63, 3.8) is 0 Å². The van der Waals surface area contributed by atoms with Gasteiger partial charge in [-0.25, -0.2) is 0 Å². The highest BCUT2D eigenvalue weighted by Crippen LogP contribution is 2.61. The molecule has 1 aromatic carbocycles. The summed E-state index contributed by atoms with van der Waals surface area (Å²) in [5.41, 5.74) is 10.8. The van der Waals surface area contributed by atoms with Crippen LogP contribution >= 0.6 is 0 Å². The lowest BCUT2D eigenvalue weighted by Crippen LogP contribution is -2.47. The molecule has 198 valence electrons. The Bertz CT molecular complexity index is 909. The third kappa shape index (κ3) is 5.62. The molecule has 5 atom stereocenters. The lowest BCUT2D eigenvalue weighted by molar-refractivity contribution is 0.0987. The minimum Gasteiger partial charge on any atom is -0.0795 e. The Morgan fingerprint density at radius 1 is 0.857 bits per heavy atom. The van der Waals surface area contributed by atoms with Gasteiger partial charge in [0, 0.05) is 5.41 Å². The molecule has 1 aromatic rings. The molecule has 0 heteroatoms. The summed E-state index contributed by atoms with van der Waals surface area (Å²) in [6.45, 7) is 26.3. The van der Waals surface area contributed by atoms with Crippen LogP contribution in [0, 0.1) is 42.4 Å². The molecular formula is C35H58. The zero-order valence-corrected chi connectivity index (χ0v) is 25.5. The van der Waals surface area contributed by atoms with E-state index in [9.17, 15) is 0 Å². The van der Waals surface area contributed by atoms with Crippen molar-refractivity contribution in [3.05, 3.63) is 45.5 Å². The number of allylic oxidation sites excluding steroid dienone is 2.